The molecular formula is C20H16O5. The Morgan fingerprint density at radius 3 is 2.28 bits per heavy atom. The first-order valence-electron chi connectivity index (χ1n) is 8.17. The molecule has 1 heterocycles. The fourth-order valence-corrected chi connectivity index (χ4v) is 3.44. The predicted molar refractivity (Wildman–Crippen MR) is 88.8 cm³/mol. The molecule has 1 saturated carbocycles. The molecule has 1 fully saturated rings. The SMILES string of the molecule is O=C1CC(c2ccccc2)CC(=O)C1C(=O)c1ccc2c(c1)OCO2. The molecule has 0 unspecified atom stereocenters. The molecule has 0 amide bonds. The number of hydrogen-bond donors (Lipinski definition) is 0. The van der Waals surface area contributed by atoms with Crippen LogP contribution in [0, 0.1) is 5.92 Å². The van der Waals surface area contributed by atoms with E-state index in [2.05, 4.69) is 0 Å². The lowest BCUT2D eigenvalue weighted by atomic mass is 9.74. The van der Waals surface area contributed by atoms with Gasteiger partial charge in [-0.2, -0.15) is 0 Å². The van der Waals surface area contributed by atoms with Crippen LogP contribution < -0.4 is 9.47 Å². The van der Waals surface area contributed by atoms with Crippen LogP contribution in [-0.4, -0.2) is 24.1 Å². The average molecular weight is 336 g/mol. The lowest BCUT2D eigenvalue weighted by Crippen LogP contribution is -2.38. The maximum atomic E-state index is 12.7. The number of hydrogen-bond acceptors (Lipinski definition) is 5. The molecule has 0 spiro atoms. The number of benzene rings is 2. The highest BCUT2D eigenvalue weighted by molar-refractivity contribution is 6.25. The standard InChI is InChI=1S/C20H16O5/c21-15-8-14(12-4-2-1-3-5-12)9-16(22)19(15)20(23)13-6-7-17-18(10-13)25-11-24-17/h1-7,10,14,19H,8-9,11H2. The van der Waals surface area contributed by atoms with Gasteiger partial charge in [0.15, 0.2) is 28.8 Å². The second-order valence-corrected chi connectivity index (χ2v) is 6.31. The number of carbonyl (C=O) groups is 3. The van der Waals surface area contributed by atoms with E-state index in [0.717, 1.165) is 5.56 Å². The summed E-state index contributed by atoms with van der Waals surface area (Å²) in [5.41, 5.74) is 1.26. The van der Waals surface area contributed by atoms with E-state index in [-0.39, 0.29) is 37.1 Å². The van der Waals surface area contributed by atoms with Gasteiger partial charge >= 0.3 is 0 Å². The molecule has 2 aromatic rings. The Bertz CT molecular complexity index is 838. The van der Waals surface area contributed by atoms with E-state index >= 15 is 0 Å². The van der Waals surface area contributed by atoms with E-state index in [4.69, 9.17) is 9.47 Å². The first-order chi connectivity index (χ1) is 12.1. The quantitative estimate of drug-likeness (QED) is 0.637. The minimum absolute atomic E-state index is 0.104. The molecule has 4 rings (SSSR count). The van der Waals surface area contributed by atoms with E-state index in [1.807, 2.05) is 30.3 Å². The normalized spacial score (nSPS) is 22.1. The Morgan fingerprint density at radius 1 is 0.880 bits per heavy atom. The van der Waals surface area contributed by atoms with Gasteiger partial charge in [0.1, 0.15) is 5.92 Å². The summed E-state index contributed by atoms with van der Waals surface area (Å²) in [6.45, 7) is 0.104. The molecule has 2 aliphatic rings. The zero-order valence-electron chi connectivity index (χ0n) is 13.4. The van der Waals surface area contributed by atoms with E-state index in [9.17, 15) is 14.4 Å². The van der Waals surface area contributed by atoms with Crippen molar-refractivity contribution in [2.75, 3.05) is 6.79 Å². The molecule has 0 saturated heterocycles. The van der Waals surface area contributed by atoms with Crippen molar-refractivity contribution in [2.24, 2.45) is 5.92 Å². The van der Waals surface area contributed by atoms with Crippen molar-refractivity contribution in [3.63, 3.8) is 0 Å². The van der Waals surface area contributed by atoms with Gasteiger partial charge in [-0.15, -0.1) is 0 Å². The van der Waals surface area contributed by atoms with Gasteiger partial charge in [0.2, 0.25) is 6.79 Å². The van der Waals surface area contributed by atoms with Crippen LogP contribution in [0.4, 0.5) is 0 Å². The van der Waals surface area contributed by atoms with Gasteiger partial charge in [0.05, 0.1) is 0 Å². The maximum absolute atomic E-state index is 12.7. The molecule has 0 radical (unpaired) electrons. The number of ketones is 3. The highest BCUT2D eigenvalue weighted by Crippen LogP contribution is 2.36. The van der Waals surface area contributed by atoms with E-state index < -0.39 is 11.7 Å². The van der Waals surface area contributed by atoms with Crippen LogP contribution >= 0.6 is 0 Å². The number of Topliss-reactive ketones (excluding diaryl/α,β-unsaturated/α-hetero) is 3. The molecule has 0 bridgehead atoms. The zero-order valence-corrected chi connectivity index (χ0v) is 13.4. The molecule has 5 heteroatoms. The highest BCUT2D eigenvalue weighted by Gasteiger charge is 2.41. The van der Waals surface area contributed by atoms with Gasteiger partial charge in [-0.25, -0.2) is 0 Å². The van der Waals surface area contributed by atoms with Crippen LogP contribution in [0.1, 0.15) is 34.7 Å². The minimum Gasteiger partial charge on any atom is -0.454 e. The summed E-state index contributed by atoms with van der Waals surface area (Å²) in [7, 11) is 0. The smallest absolute Gasteiger partial charge is 0.231 e. The summed E-state index contributed by atoms with van der Waals surface area (Å²) in [4.78, 5) is 37.8. The maximum Gasteiger partial charge on any atom is 0.231 e. The third kappa shape index (κ3) is 2.82. The summed E-state index contributed by atoms with van der Waals surface area (Å²) in [6.07, 6.45) is 0.410. The highest BCUT2D eigenvalue weighted by atomic mass is 16.7. The summed E-state index contributed by atoms with van der Waals surface area (Å²) >= 11 is 0. The third-order valence-corrected chi connectivity index (χ3v) is 4.73. The van der Waals surface area contributed by atoms with Crippen LogP contribution in [0.3, 0.4) is 0 Å². The van der Waals surface area contributed by atoms with Crippen molar-refractivity contribution in [3.05, 3.63) is 59.7 Å². The molecule has 0 atom stereocenters. The minimum atomic E-state index is -1.21. The van der Waals surface area contributed by atoms with Crippen molar-refractivity contribution in [1.29, 1.82) is 0 Å². The Kier molecular flexibility index (Phi) is 3.84. The van der Waals surface area contributed by atoms with Crippen LogP contribution in [0.25, 0.3) is 0 Å². The Hall–Kier alpha value is -2.95. The molecule has 25 heavy (non-hydrogen) atoms. The van der Waals surface area contributed by atoms with Crippen LogP contribution in [0.15, 0.2) is 48.5 Å². The van der Waals surface area contributed by atoms with Gasteiger partial charge < -0.3 is 9.47 Å². The first-order valence-corrected chi connectivity index (χ1v) is 8.17. The van der Waals surface area contributed by atoms with Crippen LogP contribution in [0.2, 0.25) is 0 Å². The van der Waals surface area contributed by atoms with Crippen molar-refractivity contribution in [2.45, 2.75) is 18.8 Å². The fraction of sp³-hybridized carbons (Fsp3) is 0.250. The van der Waals surface area contributed by atoms with Crippen LogP contribution in [-0.2, 0) is 9.59 Å². The zero-order chi connectivity index (χ0) is 17.4. The van der Waals surface area contributed by atoms with Crippen molar-refractivity contribution in [1.82, 2.24) is 0 Å². The molecule has 1 aliphatic heterocycles. The summed E-state index contributed by atoms with van der Waals surface area (Å²) in [5.74, 6) is -1.42. The molecule has 0 aromatic heterocycles. The monoisotopic (exact) mass is 336 g/mol. The lowest BCUT2D eigenvalue weighted by Gasteiger charge is -2.26. The summed E-state index contributed by atoms with van der Waals surface area (Å²) in [5, 5.41) is 0. The number of fused-ring (bicyclic) bond motifs is 1. The molecule has 0 N–H and O–H groups in total. The second-order valence-electron chi connectivity index (χ2n) is 6.31. The fourth-order valence-electron chi connectivity index (χ4n) is 3.44. The summed E-state index contributed by atoms with van der Waals surface area (Å²) < 4.78 is 10.5. The molecule has 5 nitrogen and oxygen atoms in total. The third-order valence-electron chi connectivity index (χ3n) is 4.73. The number of rotatable bonds is 3. The van der Waals surface area contributed by atoms with E-state index in [1.54, 1.807) is 12.1 Å². The number of carbonyl (C=O) groups excluding carboxylic acids is 3. The van der Waals surface area contributed by atoms with E-state index in [1.165, 1.54) is 6.07 Å². The van der Waals surface area contributed by atoms with Crippen molar-refractivity contribution < 1.29 is 23.9 Å². The molecule has 2 aromatic carbocycles. The Labute approximate surface area is 144 Å². The summed E-state index contributed by atoms with van der Waals surface area (Å²) in [6, 6.07) is 14.2. The Balaban J connectivity index is 1.56. The lowest BCUT2D eigenvalue weighted by molar-refractivity contribution is -0.133. The van der Waals surface area contributed by atoms with Gasteiger partial charge in [0.25, 0.3) is 0 Å². The Morgan fingerprint density at radius 2 is 1.56 bits per heavy atom. The molecule has 1 aliphatic carbocycles. The van der Waals surface area contributed by atoms with Crippen LogP contribution in [0.5, 0.6) is 11.5 Å². The van der Waals surface area contributed by atoms with E-state index in [0.29, 0.717) is 17.1 Å². The number of ether oxygens (including phenoxy) is 2. The largest absolute Gasteiger partial charge is 0.454 e. The second kappa shape index (κ2) is 6.16. The van der Waals surface area contributed by atoms with Gasteiger partial charge in [-0.1, -0.05) is 30.3 Å². The molecular weight excluding hydrogens is 320 g/mol. The average Bonchev–Trinajstić information content (AvgIpc) is 3.09. The molecule has 126 valence electrons. The van der Waals surface area contributed by atoms with Gasteiger partial charge in [-0.05, 0) is 29.7 Å². The topological polar surface area (TPSA) is 69.7 Å². The predicted octanol–water partition coefficient (Wildman–Crippen LogP) is 2.93. The first kappa shape index (κ1) is 15.6. The van der Waals surface area contributed by atoms with Gasteiger partial charge in [-0.3, -0.25) is 14.4 Å². The van der Waals surface area contributed by atoms with Crippen molar-refractivity contribution >= 4 is 17.3 Å². The van der Waals surface area contributed by atoms with Gasteiger partial charge in [0, 0.05) is 18.4 Å². The van der Waals surface area contributed by atoms with Crippen molar-refractivity contribution in [3.8, 4) is 11.5 Å².